The van der Waals surface area contributed by atoms with E-state index in [4.69, 9.17) is 0 Å². The lowest BCUT2D eigenvalue weighted by Crippen LogP contribution is -1.95. The molecule has 0 nitrogen and oxygen atoms in total. The first kappa shape index (κ1) is 35.0. The largest absolute Gasteiger partial charge is 0.0654 e. The van der Waals surface area contributed by atoms with Gasteiger partial charge in [0, 0.05) is 0 Å². The standard InChI is InChI=1S/C35H72/c1-5-7-8-9-10-22-26-29-32-35(4)33-30-27-24-21-19-17-15-13-11-12-14-16-18-20-23-25-28-31-34(3)6-2/h34-35H,5-33H2,1-4H3. The quantitative estimate of drug-likeness (QED) is 0.0874. The van der Waals surface area contributed by atoms with Gasteiger partial charge in [0.1, 0.15) is 0 Å². The van der Waals surface area contributed by atoms with Crippen molar-refractivity contribution in [1.82, 2.24) is 0 Å². The van der Waals surface area contributed by atoms with E-state index in [2.05, 4.69) is 27.7 Å². The summed E-state index contributed by atoms with van der Waals surface area (Å²) in [5.74, 6) is 1.91. The van der Waals surface area contributed by atoms with Crippen molar-refractivity contribution in [3.63, 3.8) is 0 Å². The Morgan fingerprint density at radius 3 is 0.771 bits per heavy atom. The lowest BCUT2D eigenvalue weighted by Gasteiger charge is -2.11. The van der Waals surface area contributed by atoms with Crippen LogP contribution in [-0.4, -0.2) is 0 Å². The van der Waals surface area contributed by atoms with Gasteiger partial charge in [-0.1, -0.05) is 214 Å². The monoisotopic (exact) mass is 493 g/mol. The molecule has 2 atom stereocenters. The van der Waals surface area contributed by atoms with E-state index in [-0.39, 0.29) is 0 Å². The second kappa shape index (κ2) is 30.2. The highest BCUT2D eigenvalue weighted by Crippen LogP contribution is 2.19. The lowest BCUT2D eigenvalue weighted by atomic mass is 9.95. The fourth-order valence-electron chi connectivity index (χ4n) is 5.61. The Morgan fingerprint density at radius 1 is 0.286 bits per heavy atom. The van der Waals surface area contributed by atoms with Gasteiger partial charge in [-0.2, -0.15) is 0 Å². The number of hydrogen-bond acceptors (Lipinski definition) is 0. The molecule has 212 valence electrons. The maximum Gasteiger partial charge on any atom is -0.0443 e. The fraction of sp³-hybridized carbons (Fsp3) is 1.00. The molecule has 35 heavy (non-hydrogen) atoms. The Kier molecular flexibility index (Phi) is 30.2. The molecule has 0 N–H and O–H groups in total. The van der Waals surface area contributed by atoms with Crippen LogP contribution in [0.3, 0.4) is 0 Å². The van der Waals surface area contributed by atoms with Crippen molar-refractivity contribution in [2.24, 2.45) is 11.8 Å². The van der Waals surface area contributed by atoms with Crippen LogP contribution >= 0.6 is 0 Å². The summed E-state index contributed by atoms with van der Waals surface area (Å²) in [5, 5.41) is 0. The van der Waals surface area contributed by atoms with Gasteiger partial charge in [0.05, 0.1) is 0 Å². The van der Waals surface area contributed by atoms with Gasteiger partial charge in [-0.15, -0.1) is 0 Å². The molecule has 0 heteroatoms. The van der Waals surface area contributed by atoms with Crippen molar-refractivity contribution < 1.29 is 0 Å². The third-order valence-electron chi connectivity index (χ3n) is 8.64. The van der Waals surface area contributed by atoms with Crippen LogP contribution in [0.4, 0.5) is 0 Å². The predicted molar refractivity (Wildman–Crippen MR) is 164 cm³/mol. The van der Waals surface area contributed by atoms with Crippen LogP contribution in [0.1, 0.15) is 214 Å². The SMILES string of the molecule is CCCCCCCCCCC(C)CCCCCCCCCCCCCCCCCCCC(C)CC. The third kappa shape index (κ3) is 30.1. The molecule has 0 radical (unpaired) electrons. The van der Waals surface area contributed by atoms with E-state index in [1.54, 1.807) is 0 Å². The van der Waals surface area contributed by atoms with Gasteiger partial charge >= 0.3 is 0 Å². The van der Waals surface area contributed by atoms with Crippen LogP contribution in [-0.2, 0) is 0 Å². The molecule has 0 heterocycles. The predicted octanol–water partition coefficient (Wildman–Crippen LogP) is 13.6. The van der Waals surface area contributed by atoms with E-state index in [1.807, 2.05) is 0 Å². The highest BCUT2D eigenvalue weighted by atomic mass is 14.1. The van der Waals surface area contributed by atoms with Gasteiger partial charge in [-0.05, 0) is 11.8 Å². The summed E-state index contributed by atoms with van der Waals surface area (Å²) < 4.78 is 0. The van der Waals surface area contributed by atoms with E-state index in [0.717, 1.165) is 11.8 Å². The number of rotatable bonds is 30. The van der Waals surface area contributed by atoms with Crippen LogP contribution in [0, 0.1) is 11.8 Å². The molecule has 0 aliphatic rings. The molecule has 0 saturated heterocycles. The Bertz CT molecular complexity index is 359. The summed E-state index contributed by atoms with van der Waals surface area (Å²) >= 11 is 0. The summed E-state index contributed by atoms with van der Waals surface area (Å²) in [4.78, 5) is 0. The summed E-state index contributed by atoms with van der Waals surface area (Å²) in [7, 11) is 0. The van der Waals surface area contributed by atoms with Crippen molar-refractivity contribution in [3.05, 3.63) is 0 Å². The number of hydrogen-bond donors (Lipinski definition) is 0. The Balaban J connectivity index is 3.12. The molecule has 0 aliphatic heterocycles. The molecule has 0 aromatic heterocycles. The molecule has 0 rings (SSSR count). The molecule has 0 aromatic carbocycles. The average Bonchev–Trinajstić information content (AvgIpc) is 2.86. The van der Waals surface area contributed by atoms with Crippen LogP contribution in [0.5, 0.6) is 0 Å². The highest BCUT2D eigenvalue weighted by Gasteiger charge is 2.02. The zero-order chi connectivity index (χ0) is 25.7. The third-order valence-corrected chi connectivity index (χ3v) is 8.64. The van der Waals surface area contributed by atoms with Crippen molar-refractivity contribution in [2.75, 3.05) is 0 Å². The average molecular weight is 493 g/mol. The summed E-state index contributed by atoms with van der Waals surface area (Å²) in [6.45, 7) is 9.54. The molecule has 0 fully saturated rings. The second-order valence-electron chi connectivity index (χ2n) is 12.5. The van der Waals surface area contributed by atoms with Crippen LogP contribution in [0.15, 0.2) is 0 Å². The van der Waals surface area contributed by atoms with Crippen molar-refractivity contribution in [1.29, 1.82) is 0 Å². The van der Waals surface area contributed by atoms with Crippen LogP contribution in [0.2, 0.25) is 0 Å². The zero-order valence-corrected chi connectivity index (χ0v) is 25.7. The minimum Gasteiger partial charge on any atom is -0.0654 e. The first-order valence-corrected chi connectivity index (χ1v) is 17.2. The molecule has 0 aliphatic carbocycles. The normalized spacial score (nSPS) is 13.4. The van der Waals surface area contributed by atoms with Crippen molar-refractivity contribution >= 4 is 0 Å². The maximum absolute atomic E-state index is 2.50. The van der Waals surface area contributed by atoms with E-state index in [9.17, 15) is 0 Å². The molecule has 0 bridgehead atoms. The highest BCUT2D eigenvalue weighted by molar-refractivity contribution is 4.57. The molecular weight excluding hydrogens is 420 g/mol. The minimum atomic E-state index is 0.947. The lowest BCUT2D eigenvalue weighted by molar-refractivity contribution is 0.430. The van der Waals surface area contributed by atoms with E-state index >= 15 is 0 Å². The molecule has 0 spiro atoms. The van der Waals surface area contributed by atoms with Gasteiger partial charge in [0.2, 0.25) is 0 Å². The van der Waals surface area contributed by atoms with E-state index < -0.39 is 0 Å². The fourth-order valence-corrected chi connectivity index (χ4v) is 5.61. The van der Waals surface area contributed by atoms with Gasteiger partial charge < -0.3 is 0 Å². The zero-order valence-electron chi connectivity index (χ0n) is 25.7. The molecule has 0 aromatic rings. The van der Waals surface area contributed by atoms with Gasteiger partial charge in [-0.25, -0.2) is 0 Å². The number of unbranched alkanes of at least 4 members (excludes halogenated alkanes) is 23. The van der Waals surface area contributed by atoms with Gasteiger partial charge in [-0.3, -0.25) is 0 Å². The Hall–Kier alpha value is 0. The molecule has 2 unspecified atom stereocenters. The van der Waals surface area contributed by atoms with Crippen molar-refractivity contribution in [3.8, 4) is 0 Å². The van der Waals surface area contributed by atoms with Crippen molar-refractivity contribution in [2.45, 2.75) is 214 Å². The smallest absolute Gasteiger partial charge is 0.0443 e. The molecule has 0 amide bonds. The summed E-state index contributed by atoms with van der Waals surface area (Å²) in [5.41, 5.74) is 0. The van der Waals surface area contributed by atoms with E-state index in [1.165, 1.54) is 186 Å². The van der Waals surface area contributed by atoms with Gasteiger partial charge in [0.15, 0.2) is 0 Å². The second-order valence-corrected chi connectivity index (χ2v) is 12.5. The Labute approximate surface area is 225 Å². The molecular formula is C35H72. The Morgan fingerprint density at radius 2 is 0.514 bits per heavy atom. The van der Waals surface area contributed by atoms with Crippen LogP contribution < -0.4 is 0 Å². The van der Waals surface area contributed by atoms with E-state index in [0.29, 0.717) is 0 Å². The topological polar surface area (TPSA) is 0 Å². The summed E-state index contributed by atoms with van der Waals surface area (Å²) in [6, 6.07) is 0. The molecule has 0 saturated carbocycles. The first-order chi connectivity index (χ1) is 17.2. The maximum atomic E-state index is 2.50. The first-order valence-electron chi connectivity index (χ1n) is 17.2. The van der Waals surface area contributed by atoms with Gasteiger partial charge in [0.25, 0.3) is 0 Å². The minimum absolute atomic E-state index is 0.947. The summed E-state index contributed by atoms with van der Waals surface area (Å²) in [6.07, 6.45) is 42.7. The van der Waals surface area contributed by atoms with Crippen LogP contribution in [0.25, 0.3) is 0 Å².